The maximum absolute atomic E-state index is 4.41. The van der Waals surface area contributed by atoms with Gasteiger partial charge in [-0.1, -0.05) is 6.92 Å². The molecule has 0 amide bonds. The number of hydrogen-bond acceptors (Lipinski definition) is 2. The Morgan fingerprint density at radius 1 is 1.50 bits per heavy atom. The molecule has 1 aromatic heterocycles. The zero-order valence-electron chi connectivity index (χ0n) is 9.62. The standard InChI is InChI=1S/C11H21N3/c1-5-12-10(3)8-11(4)14-7-6-9(2)13-14/h6-7,10-12H,5,8H2,1-4H3. The molecule has 1 N–H and O–H groups in total. The Morgan fingerprint density at radius 3 is 2.71 bits per heavy atom. The molecule has 3 nitrogen and oxygen atoms in total. The second-order valence-corrected chi connectivity index (χ2v) is 3.98. The number of nitrogens with one attached hydrogen (secondary N) is 1. The van der Waals surface area contributed by atoms with Crippen LogP contribution < -0.4 is 5.32 Å². The van der Waals surface area contributed by atoms with Crippen LogP contribution in [-0.2, 0) is 0 Å². The minimum absolute atomic E-state index is 0.470. The van der Waals surface area contributed by atoms with Crippen molar-refractivity contribution in [1.29, 1.82) is 0 Å². The predicted molar refractivity (Wildman–Crippen MR) is 59.4 cm³/mol. The fraction of sp³-hybridized carbons (Fsp3) is 0.727. The lowest BCUT2D eigenvalue weighted by Gasteiger charge is -2.18. The molecule has 0 aliphatic rings. The molecule has 0 radical (unpaired) electrons. The maximum atomic E-state index is 4.41. The first-order chi connectivity index (χ1) is 6.63. The Hall–Kier alpha value is -0.830. The molecule has 14 heavy (non-hydrogen) atoms. The molecule has 0 spiro atoms. The van der Waals surface area contributed by atoms with E-state index in [1.54, 1.807) is 0 Å². The summed E-state index contributed by atoms with van der Waals surface area (Å²) in [6.07, 6.45) is 3.17. The van der Waals surface area contributed by atoms with Crippen LogP contribution in [0.1, 0.15) is 38.9 Å². The molecule has 0 fully saturated rings. The summed E-state index contributed by atoms with van der Waals surface area (Å²) in [7, 11) is 0. The number of nitrogens with zero attached hydrogens (tertiary/aromatic N) is 2. The highest BCUT2D eigenvalue weighted by molar-refractivity contribution is 4.95. The average Bonchev–Trinajstić information content (AvgIpc) is 2.52. The van der Waals surface area contributed by atoms with Gasteiger partial charge in [0.25, 0.3) is 0 Å². The lowest BCUT2D eigenvalue weighted by Crippen LogP contribution is -2.28. The molecule has 2 atom stereocenters. The third-order valence-electron chi connectivity index (χ3n) is 2.44. The second kappa shape index (κ2) is 5.15. The van der Waals surface area contributed by atoms with Gasteiger partial charge in [-0.25, -0.2) is 0 Å². The maximum Gasteiger partial charge on any atom is 0.0593 e. The Kier molecular flexibility index (Phi) is 4.14. The fourth-order valence-corrected chi connectivity index (χ4v) is 1.73. The van der Waals surface area contributed by atoms with Crippen molar-refractivity contribution in [2.45, 2.75) is 46.2 Å². The van der Waals surface area contributed by atoms with Crippen molar-refractivity contribution < 1.29 is 0 Å². The lowest BCUT2D eigenvalue weighted by atomic mass is 10.1. The first-order valence-corrected chi connectivity index (χ1v) is 5.38. The Bertz CT molecular complexity index is 267. The van der Waals surface area contributed by atoms with Crippen molar-refractivity contribution in [3.8, 4) is 0 Å². The van der Waals surface area contributed by atoms with Crippen LogP contribution in [0.4, 0.5) is 0 Å². The van der Waals surface area contributed by atoms with Crippen molar-refractivity contribution >= 4 is 0 Å². The van der Waals surface area contributed by atoms with E-state index in [-0.39, 0.29) is 0 Å². The van der Waals surface area contributed by atoms with Gasteiger partial charge in [0.15, 0.2) is 0 Å². The molecular weight excluding hydrogens is 174 g/mol. The van der Waals surface area contributed by atoms with Gasteiger partial charge in [0.2, 0.25) is 0 Å². The van der Waals surface area contributed by atoms with Crippen molar-refractivity contribution in [2.24, 2.45) is 0 Å². The molecule has 3 heteroatoms. The van der Waals surface area contributed by atoms with Crippen LogP contribution in [0.25, 0.3) is 0 Å². The first kappa shape index (κ1) is 11.2. The molecule has 0 aliphatic heterocycles. The molecule has 1 aromatic rings. The molecule has 2 unspecified atom stereocenters. The van der Waals surface area contributed by atoms with Crippen LogP contribution in [0.5, 0.6) is 0 Å². The summed E-state index contributed by atoms with van der Waals surface area (Å²) >= 11 is 0. The minimum Gasteiger partial charge on any atom is -0.314 e. The smallest absolute Gasteiger partial charge is 0.0593 e. The number of hydrogen-bond donors (Lipinski definition) is 1. The van der Waals surface area contributed by atoms with E-state index in [9.17, 15) is 0 Å². The number of aryl methyl sites for hydroxylation is 1. The van der Waals surface area contributed by atoms with Crippen LogP contribution in [0, 0.1) is 6.92 Å². The van der Waals surface area contributed by atoms with Gasteiger partial charge in [0.1, 0.15) is 0 Å². The van der Waals surface area contributed by atoms with Crippen molar-refractivity contribution in [3.05, 3.63) is 18.0 Å². The van der Waals surface area contributed by atoms with Gasteiger partial charge >= 0.3 is 0 Å². The summed E-state index contributed by atoms with van der Waals surface area (Å²) in [6.45, 7) is 9.62. The normalized spacial score (nSPS) is 15.4. The quantitative estimate of drug-likeness (QED) is 0.780. The topological polar surface area (TPSA) is 29.9 Å². The molecule has 0 saturated heterocycles. The minimum atomic E-state index is 0.470. The highest BCUT2D eigenvalue weighted by atomic mass is 15.3. The van der Waals surface area contributed by atoms with E-state index in [1.165, 1.54) is 0 Å². The Labute approximate surface area is 86.5 Å². The SMILES string of the molecule is CCNC(C)CC(C)n1ccc(C)n1. The second-order valence-electron chi connectivity index (χ2n) is 3.98. The number of rotatable bonds is 5. The predicted octanol–water partition coefficient (Wildman–Crippen LogP) is 2.14. The van der Waals surface area contributed by atoms with Crippen LogP contribution in [0.2, 0.25) is 0 Å². The van der Waals surface area contributed by atoms with Gasteiger partial charge in [0.05, 0.1) is 11.7 Å². The molecule has 0 aliphatic carbocycles. The third-order valence-corrected chi connectivity index (χ3v) is 2.44. The largest absolute Gasteiger partial charge is 0.314 e. The van der Waals surface area contributed by atoms with E-state index < -0.39 is 0 Å². The van der Waals surface area contributed by atoms with Gasteiger partial charge < -0.3 is 5.32 Å². The van der Waals surface area contributed by atoms with Crippen molar-refractivity contribution in [3.63, 3.8) is 0 Å². The van der Waals surface area contributed by atoms with E-state index >= 15 is 0 Å². The summed E-state index contributed by atoms with van der Waals surface area (Å²) < 4.78 is 2.04. The van der Waals surface area contributed by atoms with Gasteiger partial charge in [-0.3, -0.25) is 4.68 Å². The summed E-state index contributed by atoms with van der Waals surface area (Å²) in [6, 6.07) is 3.08. The highest BCUT2D eigenvalue weighted by Crippen LogP contribution is 2.12. The van der Waals surface area contributed by atoms with E-state index in [2.05, 4.69) is 43.4 Å². The van der Waals surface area contributed by atoms with Crippen LogP contribution in [0.15, 0.2) is 12.3 Å². The number of aromatic nitrogens is 2. The van der Waals surface area contributed by atoms with Crippen molar-refractivity contribution in [1.82, 2.24) is 15.1 Å². The Balaban J connectivity index is 2.45. The van der Waals surface area contributed by atoms with Crippen LogP contribution in [0.3, 0.4) is 0 Å². The molecule has 80 valence electrons. The average molecular weight is 195 g/mol. The van der Waals surface area contributed by atoms with Gasteiger partial charge in [-0.15, -0.1) is 0 Å². The van der Waals surface area contributed by atoms with E-state index in [1.807, 2.05) is 11.6 Å². The van der Waals surface area contributed by atoms with Gasteiger partial charge in [0, 0.05) is 12.2 Å². The van der Waals surface area contributed by atoms with Gasteiger partial charge in [-0.05, 0) is 39.8 Å². The zero-order valence-corrected chi connectivity index (χ0v) is 9.62. The Morgan fingerprint density at radius 2 is 2.21 bits per heavy atom. The lowest BCUT2D eigenvalue weighted by molar-refractivity contribution is 0.392. The van der Waals surface area contributed by atoms with Crippen LogP contribution >= 0.6 is 0 Å². The van der Waals surface area contributed by atoms with Gasteiger partial charge in [-0.2, -0.15) is 5.10 Å². The molecule has 0 aromatic carbocycles. The highest BCUT2D eigenvalue weighted by Gasteiger charge is 2.09. The molecular formula is C11H21N3. The molecule has 1 rings (SSSR count). The first-order valence-electron chi connectivity index (χ1n) is 5.38. The summed E-state index contributed by atoms with van der Waals surface area (Å²) in [5, 5.41) is 7.82. The summed E-state index contributed by atoms with van der Waals surface area (Å²) in [5.74, 6) is 0. The molecule has 0 saturated carbocycles. The fourth-order valence-electron chi connectivity index (χ4n) is 1.73. The zero-order chi connectivity index (χ0) is 10.6. The monoisotopic (exact) mass is 195 g/mol. The van der Waals surface area contributed by atoms with Crippen molar-refractivity contribution in [2.75, 3.05) is 6.54 Å². The van der Waals surface area contributed by atoms with E-state index in [4.69, 9.17) is 0 Å². The van der Waals surface area contributed by atoms with E-state index in [0.717, 1.165) is 18.7 Å². The summed E-state index contributed by atoms with van der Waals surface area (Å²) in [4.78, 5) is 0. The molecule has 0 bridgehead atoms. The third kappa shape index (κ3) is 3.14. The van der Waals surface area contributed by atoms with Crippen LogP contribution in [-0.4, -0.2) is 22.4 Å². The van der Waals surface area contributed by atoms with E-state index in [0.29, 0.717) is 12.1 Å². The summed E-state index contributed by atoms with van der Waals surface area (Å²) in [5.41, 5.74) is 1.09. The molecule has 1 heterocycles.